The number of benzene rings is 2. The van der Waals surface area contributed by atoms with E-state index < -0.39 is 0 Å². The van der Waals surface area contributed by atoms with Crippen molar-refractivity contribution in [2.24, 2.45) is 0 Å². The van der Waals surface area contributed by atoms with Crippen molar-refractivity contribution in [2.45, 2.75) is 26.9 Å². The standard InChI is InChI=1S/C24H21FN2O3/c1-16-8-9-19(11-17(16)2)23-13-22(26-30-23)24(28)27(15-21-7-4-10-29-21)14-18-5-3-6-20(25)12-18/h3-13H,14-15H2,1-2H3. The SMILES string of the molecule is Cc1ccc(-c2cc(C(=O)N(Cc3cccc(F)c3)Cc3ccco3)no2)cc1C. The summed E-state index contributed by atoms with van der Waals surface area (Å²) in [4.78, 5) is 14.7. The fourth-order valence-electron chi connectivity index (χ4n) is 3.21. The lowest BCUT2D eigenvalue weighted by atomic mass is 10.0. The van der Waals surface area contributed by atoms with Crippen LogP contribution in [0.15, 0.2) is 75.9 Å². The molecule has 0 saturated carbocycles. The lowest BCUT2D eigenvalue weighted by Gasteiger charge is -2.20. The van der Waals surface area contributed by atoms with Crippen LogP contribution in [0, 0.1) is 19.7 Å². The van der Waals surface area contributed by atoms with Crippen LogP contribution < -0.4 is 0 Å². The number of rotatable bonds is 6. The van der Waals surface area contributed by atoms with Crippen LogP contribution in [0.2, 0.25) is 0 Å². The van der Waals surface area contributed by atoms with E-state index in [1.54, 1.807) is 41.5 Å². The van der Waals surface area contributed by atoms with E-state index in [9.17, 15) is 9.18 Å². The van der Waals surface area contributed by atoms with Crippen molar-refractivity contribution >= 4 is 5.91 Å². The van der Waals surface area contributed by atoms with Crippen LogP contribution in [0.25, 0.3) is 11.3 Å². The Morgan fingerprint density at radius 3 is 2.60 bits per heavy atom. The quantitative estimate of drug-likeness (QED) is 0.424. The number of amides is 1. The van der Waals surface area contributed by atoms with E-state index in [1.807, 2.05) is 32.0 Å². The van der Waals surface area contributed by atoms with Gasteiger partial charge in [-0.1, -0.05) is 29.4 Å². The minimum absolute atomic E-state index is 0.186. The van der Waals surface area contributed by atoms with Gasteiger partial charge in [0.1, 0.15) is 11.6 Å². The van der Waals surface area contributed by atoms with Crippen LogP contribution in [0.5, 0.6) is 0 Å². The van der Waals surface area contributed by atoms with E-state index in [0.717, 1.165) is 11.1 Å². The molecule has 0 aliphatic carbocycles. The van der Waals surface area contributed by atoms with E-state index in [4.69, 9.17) is 8.94 Å². The number of hydrogen-bond donors (Lipinski definition) is 0. The van der Waals surface area contributed by atoms with Crippen molar-refractivity contribution in [3.05, 3.63) is 101 Å². The summed E-state index contributed by atoms with van der Waals surface area (Å²) in [5.41, 5.74) is 4.02. The molecule has 6 heteroatoms. The summed E-state index contributed by atoms with van der Waals surface area (Å²) in [6.07, 6.45) is 1.55. The molecule has 0 radical (unpaired) electrons. The molecule has 152 valence electrons. The number of carbonyl (C=O) groups is 1. The zero-order valence-corrected chi connectivity index (χ0v) is 16.8. The molecule has 0 N–H and O–H groups in total. The summed E-state index contributed by atoms with van der Waals surface area (Å²) in [5.74, 6) is 0.466. The predicted molar refractivity (Wildman–Crippen MR) is 110 cm³/mol. The Labute approximate surface area is 173 Å². The molecular formula is C24H21FN2O3. The minimum atomic E-state index is -0.351. The molecule has 2 heterocycles. The monoisotopic (exact) mass is 404 g/mol. The number of hydrogen-bond acceptors (Lipinski definition) is 4. The highest BCUT2D eigenvalue weighted by Gasteiger charge is 2.22. The molecule has 4 rings (SSSR count). The summed E-state index contributed by atoms with van der Waals surface area (Å²) in [5, 5.41) is 3.98. The van der Waals surface area contributed by atoms with Gasteiger partial charge in [-0.2, -0.15) is 0 Å². The van der Waals surface area contributed by atoms with Gasteiger partial charge < -0.3 is 13.8 Å². The molecule has 0 aliphatic heterocycles. The summed E-state index contributed by atoms with van der Waals surface area (Å²) in [6, 6.07) is 17.3. The summed E-state index contributed by atoms with van der Waals surface area (Å²) < 4.78 is 24.5. The molecule has 5 nitrogen and oxygen atoms in total. The highest BCUT2D eigenvalue weighted by atomic mass is 19.1. The molecule has 0 bridgehead atoms. The fourth-order valence-corrected chi connectivity index (χ4v) is 3.21. The number of aromatic nitrogens is 1. The first-order chi connectivity index (χ1) is 14.5. The zero-order chi connectivity index (χ0) is 21.1. The molecule has 2 aromatic heterocycles. The van der Waals surface area contributed by atoms with Crippen molar-refractivity contribution in [1.29, 1.82) is 0 Å². The molecule has 0 saturated heterocycles. The maximum Gasteiger partial charge on any atom is 0.276 e. The number of carbonyl (C=O) groups excluding carboxylic acids is 1. The van der Waals surface area contributed by atoms with E-state index in [1.165, 1.54) is 17.7 Å². The molecule has 30 heavy (non-hydrogen) atoms. The Morgan fingerprint density at radius 2 is 1.87 bits per heavy atom. The summed E-state index contributed by atoms with van der Waals surface area (Å²) >= 11 is 0. The van der Waals surface area contributed by atoms with Crippen LogP contribution >= 0.6 is 0 Å². The Kier molecular flexibility index (Phi) is 5.48. The van der Waals surface area contributed by atoms with Crippen LogP contribution in [0.4, 0.5) is 4.39 Å². The first-order valence-electron chi connectivity index (χ1n) is 9.60. The van der Waals surface area contributed by atoms with Crippen molar-refractivity contribution in [3.63, 3.8) is 0 Å². The molecule has 0 spiro atoms. The van der Waals surface area contributed by atoms with Gasteiger partial charge in [-0.25, -0.2) is 4.39 Å². The highest BCUT2D eigenvalue weighted by Crippen LogP contribution is 2.24. The largest absolute Gasteiger partial charge is 0.467 e. The van der Waals surface area contributed by atoms with Gasteiger partial charge in [0, 0.05) is 18.2 Å². The van der Waals surface area contributed by atoms with Gasteiger partial charge in [-0.05, 0) is 60.9 Å². The number of nitrogens with zero attached hydrogens (tertiary/aromatic N) is 2. The second kappa shape index (κ2) is 8.37. The van der Waals surface area contributed by atoms with Crippen LogP contribution in [0.3, 0.4) is 0 Å². The topological polar surface area (TPSA) is 59.5 Å². The van der Waals surface area contributed by atoms with Crippen LogP contribution in [-0.4, -0.2) is 16.0 Å². The number of furan rings is 1. The number of aryl methyl sites for hydroxylation is 2. The van der Waals surface area contributed by atoms with Gasteiger partial charge in [0.25, 0.3) is 5.91 Å². The molecule has 4 aromatic rings. The Morgan fingerprint density at radius 1 is 1.00 bits per heavy atom. The Bertz CT molecular complexity index is 1160. The molecule has 0 fully saturated rings. The smallest absolute Gasteiger partial charge is 0.276 e. The lowest BCUT2D eigenvalue weighted by Crippen LogP contribution is -2.30. The molecular weight excluding hydrogens is 383 g/mol. The van der Waals surface area contributed by atoms with E-state index in [0.29, 0.717) is 17.1 Å². The molecule has 0 aliphatic rings. The first kappa shape index (κ1) is 19.6. The van der Waals surface area contributed by atoms with Gasteiger partial charge in [0.15, 0.2) is 11.5 Å². The maximum atomic E-state index is 13.6. The van der Waals surface area contributed by atoms with Gasteiger partial charge in [0.2, 0.25) is 0 Å². The summed E-state index contributed by atoms with van der Waals surface area (Å²) in [6.45, 7) is 4.50. The zero-order valence-electron chi connectivity index (χ0n) is 16.8. The fraction of sp³-hybridized carbons (Fsp3) is 0.167. The van der Waals surface area contributed by atoms with E-state index in [2.05, 4.69) is 5.16 Å². The maximum absolute atomic E-state index is 13.6. The normalized spacial score (nSPS) is 10.9. The predicted octanol–water partition coefficient (Wildman–Crippen LogP) is 5.53. The van der Waals surface area contributed by atoms with E-state index >= 15 is 0 Å². The van der Waals surface area contributed by atoms with Crippen molar-refractivity contribution in [3.8, 4) is 11.3 Å². The van der Waals surface area contributed by atoms with E-state index in [-0.39, 0.29) is 30.5 Å². The molecule has 1 amide bonds. The molecule has 0 unspecified atom stereocenters. The second-order valence-corrected chi connectivity index (χ2v) is 7.25. The Hall–Kier alpha value is -3.67. The van der Waals surface area contributed by atoms with Crippen molar-refractivity contribution in [2.75, 3.05) is 0 Å². The van der Waals surface area contributed by atoms with Gasteiger partial charge >= 0.3 is 0 Å². The second-order valence-electron chi connectivity index (χ2n) is 7.25. The van der Waals surface area contributed by atoms with Gasteiger partial charge in [-0.15, -0.1) is 0 Å². The Balaban J connectivity index is 1.61. The molecule has 0 atom stereocenters. The average molecular weight is 404 g/mol. The van der Waals surface area contributed by atoms with Gasteiger partial charge in [0.05, 0.1) is 12.8 Å². The third-order valence-electron chi connectivity index (χ3n) is 5.00. The number of halogens is 1. The van der Waals surface area contributed by atoms with Crippen molar-refractivity contribution in [1.82, 2.24) is 10.1 Å². The van der Waals surface area contributed by atoms with Crippen LogP contribution in [0.1, 0.15) is 32.9 Å². The first-order valence-corrected chi connectivity index (χ1v) is 9.60. The minimum Gasteiger partial charge on any atom is -0.467 e. The third-order valence-corrected chi connectivity index (χ3v) is 5.00. The van der Waals surface area contributed by atoms with Crippen molar-refractivity contribution < 1.29 is 18.1 Å². The van der Waals surface area contributed by atoms with Crippen LogP contribution in [-0.2, 0) is 13.1 Å². The third kappa shape index (κ3) is 4.33. The lowest BCUT2D eigenvalue weighted by molar-refractivity contribution is 0.0707. The molecule has 2 aromatic carbocycles. The summed E-state index contributed by atoms with van der Waals surface area (Å²) in [7, 11) is 0. The average Bonchev–Trinajstić information content (AvgIpc) is 3.41. The van der Waals surface area contributed by atoms with Gasteiger partial charge in [-0.3, -0.25) is 4.79 Å². The highest BCUT2D eigenvalue weighted by molar-refractivity contribution is 5.93.